The van der Waals surface area contributed by atoms with Crippen LogP contribution in [0.5, 0.6) is 5.75 Å². The van der Waals surface area contributed by atoms with Gasteiger partial charge in [0.15, 0.2) is 0 Å². The summed E-state index contributed by atoms with van der Waals surface area (Å²) in [6, 6.07) is 16.5. The molecule has 2 heteroatoms. The number of rotatable bonds is 3. The van der Waals surface area contributed by atoms with Crippen molar-refractivity contribution in [2.24, 2.45) is 0 Å². The highest BCUT2D eigenvalue weighted by Crippen LogP contribution is 2.31. The third-order valence-corrected chi connectivity index (χ3v) is 4.29. The van der Waals surface area contributed by atoms with E-state index in [0.717, 1.165) is 42.6 Å². The summed E-state index contributed by atoms with van der Waals surface area (Å²) in [7, 11) is 1.67. The van der Waals surface area contributed by atoms with Gasteiger partial charge in [-0.3, -0.25) is 4.79 Å². The van der Waals surface area contributed by atoms with Gasteiger partial charge in [-0.05, 0) is 41.7 Å². The van der Waals surface area contributed by atoms with Gasteiger partial charge >= 0.3 is 0 Å². The molecule has 0 N–H and O–H groups in total. The average Bonchev–Trinajstić information content (AvgIpc) is 2.56. The van der Waals surface area contributed by atoms with Crippen LogP contribution < -0.4 is 4.74 Å². The molecule has 0 aliphatic heterocycles. The fourth-order valence-electron chi connectivity index (χ4n) is 3.03. The molecule has 0 saturated heterocycles. The molecule has 1 unspecified atom stereocenters. The Kier molecular flexibility index (Phi) is 4.05. The smallest absolute Gasteiger partial charge is 0.140 e. The summed E-state index contributed by atoms with van der Waals surface area (Å²) < 4.78 is 5.18. The zero-order chi connectivity index (χ0) is 14.7. The highest BCUT2D eigenvalue weighted by molar-refractivity contribution is 5.86. The van der Waals surface area contributed by atoms with Crippen molar-refractivity contribution in [3.63, 3.8) is 0 Å². The van der Waals surface area contributed by atoms with E-state index in [9.17, 15) is 4.79 Å². The Hall–Kier alpha value is -2.09. The number of Topliss-reactive ketones (excluding diaryl/α,β-unsaturated/α-hetero) is 1. The lowest BCUT2D eigenvalue weighted by Crippen LogP contribution is -2.16. The Labute approximate surface area is 125 Å². The molecule has 3 rings (SSSR count). The third-order valence-electron chi connectivity index (χ3n) is 4.29. The first-order valence-corrected chi connectivity index (χ1v) is 7.55. The first kappa shape index (κ1) is 13.9. The van der Waals surface area contributed by atoms with Crippen LogP contribution in [0, 0.1) is 0 Å². The predicted octanol–water partition coefficient (Wildman–Crippen LogP) is 4.59. The molecule has 1 fully saturated rings. The third kappa shape index (κ3) is 2.99. The van der Waals surface area contributed by atoms with Gasteiger partial charge in [0.25, 0.3) is 0 Å². The summed E-state index contributed by atoms with van der Waals surface area (Å²) in [5, 5.41) is 0. The molecule has 1 atom stereocenters. The quantitative estimate of drug-likeness (QED) is 0.822. The van der Waals surface area contributed by atoms with Gasteiger partial charge in [-0.1, -0.05) is 42.8 Å². The molecule has 0 spiro atoms. The zero-order valence-electron chi connectivity index (χ0n) is 12.3. The van der Waals surface area contributed by atoms with E-state index < -0.39 is 0 Å². The SMILES string of the molecule is COc1ccc(-c2ccc(C3CCCCC3=O)cc2)cc1. The van der Waals surface area contributed by atoms with E-state index in [4.69, 9.17) is 4.74 Å². The standard InChI is InChI=1S/C19H20O2/c1-21-17-12-10-15(11-13-17)14-6-8-16(9-7-14)18-4-2-3-5-19(18)20/h6-13,18H,2-5H2,1H3. The van der Waals surface area contributed by atoms with Gasteiger partial charge in [-0.2, -0.15) is 0 Å². The molecule has 2 nitrogen and oxygen atoms in total. The number of hydrogen-bond acceptors (Lipinski definition) is 2. The summed E-state index contributed by atoms with van der Waals surface area (Å²) in [5.74, 6) is 1.38. The molecular formula is C19H20O2. The van der Waals surface area contributed by atoms with Crippen molar-refractivity contribution in [3.8, 4) is 16.9 Å². The van der Waals surface area contributed by atoms with Crippen LogP contribution in [0.25, 0.3) is 11.1 Å². The molecule has 0 radical (unpaired) electrons. The minimum absolute atomic E-state index is 0.115. The van der Waals surface area contributed by atoms with E-state index in [-0.39, 0.29) is 5.92 Å². The van der Waals surface area contributed by atoms with Crippen LogP contribution in [-0.2, 0) is 4.79 Å². The second kappa shape index (κ2) is 6.13. The zero-order valence-corrected chi connectivity index (χ0v) is 12.3. The van der Waals surface area contributed by atoms with E-state index in [1.54, 1.807) is 7.11 Å². The van der Waals surface area contributed by atoms with Gasteiger partial charge in [0.2, 0.25) is 0 Å². The lowest BCUT2D eigenvalue weighted by molar-refractivity contribution is -0.121. The van der Waals surface area contributed by atoms with E-state index >= 15 is 0 Å². The van der Waals surface area contributed by atoms with Crippen LogP contribution in [0.3, 0.4) is 0 Å². The number of ketones is 1. The Bertz CT molecular complexity index is 611. The fourth-order valence-corrected chi connectivity index (χ4v) is 3.03. The van der Waals surface area contributed by atoms with Gasteiger partial charge < -0.3 is 4.74 Å². The summed E-state index contributed by atoms with van der Waals surface area (Å²) in [6.07, 6.45) is 3.96. The maximum absolute atomic E-state index is 12.0. The van der Waals surface area contributed by atoms with Crippen LogP contribution >= 0.6 is 0 Å². The van der Waals surface area contributed by atoms with Crippen molar-refractivity contribution in [2.45, 2.75) is 31.6 Å². The molecule has 0 heterocycles. The minimum atomic E-state index is 0.115. The molecule has 2 aromatic carbocycles. The Balaban J connectivity index is 1.81. The molecule has 108 valence electrons. The Morgan fingerprint density at radius 3 is 2.10 bits per heavy atom. The van der Waals surface area contributed by atoms with Crippen LogP contribution in [-0.4, -0.2) is 12.9 Å². The maximum Gasteiger partial charge on any atom is 0.140 e. The van der Waals surface area contributed by atoms with E-state index in [1.807, 2.05) is 12.1 Å². The lowest BCUT2D eigenvalue weighted by Gasteiger charge is -2.21. The van der Waals surface area contributed by atoms with Gasteiger partial charge in [-0.15, -0.1) is 0 Å². The number of hydrogen-bond donors (Lipinski definition) is 0. The topological polar surface area (TPSA) is 26.3 Å². The lowest BCUT2D eigenvalue weighted by atomic mass is 9.82. The second-order valence-corrected chi connectivity index (χ2v) is 5.62. The van der Waals surface area contributed by atoms with E-state index in [0.29, 0.717) is 5.78 Å². The van der Waals surface area contributed by atoms with Gasteiger partial charge in [0.05, 0.1) is 7.11 Å². The normalized spacial score (nSPS) is 18.5. The molecule has 1 saturated carbocycles. The van der Waals surface area contributed by atoms with Crippen molar-refractivity contribution in [2.75, 3.05) is 7.11 Å². The summed E-state index contributed by atoms with van der Waals surface area (Å²) >= 11 is 0. The monoisotopic (exact) mass is 280 g/mol. The molecule has 0 bridgehead atoms. The van der Waals surface area contributed by atoms with E-state index in [1.165, 1.54) is 5.56 Å². The highest BCUT2D eigenvalue weighted by Gasteiger charge is 2.23. The fraction of sp³-hybridized carbons (Fsp3) is 0.316. The number of carbonyl (C=O) groups is 1. The molecule has 0 amide bonds. The number of carbonyl (C=O) groups excluding carboxylic acids is 1. The van der Waals surface area contributed by atoms with Gasteiger partial charge in [0, 0.05) is 12.3 Å². The molecule has 2 aromatic rings. The number of benzene rings is 2. The van der Waals surface area contributed by atoms with Crippen LogP contribution in [0.1, 0.15) is 37.2 Å². The second-order valence-electron chi connectivity index (χ2n) is 5.62. The molecule has 21 heavy (non-hydrogen) atoms. The molecule has 1 aliphatic carbocycles. The van der Waals surface area contributed by atoms with Crippen molar-refractivity contribution in [3.05, 3.63) is 54.1 Å². The Morgan fingerprint density at radius 1 is 0.905 bits per heavy atom. The van der Waals surface area contributed by atoms with Crippen LogP contribution in [0.4, 0.5) is 0 Å². The average molecular weight is 280 g/mol. The Morgan fingerprint density at radius 2 is 1.52 bits per heavy atom. The summed E-state index contributed by atoms with van der Waals surface area (Å²) in [5.41, 5.74) is 3.50. The van der Waals surface area contributed by atoms with Gasteiger partial charge in [-0.25, -0.2) is 0 Å². The minimum Gasteiger partial charge on any atom is -0.497 e. The van der Waals surface area contributed by atoms with Gasteiger partial charge in [0.1, 0.15) is 11.5 Å². The number of methoxy groups -OCH3 is 1. The van der Waals surface area contributed by atoms with Crippen molar-refractivity contribution in [1.82, 2.24) is 0 Å². The largest absolute Gasteiger partial charge is 0.497 e. The van der Waals surface area contributed by atoms with Crippen molar-refractivity contribution in [1.29, 1.82) is 0 Å². The summed E-state index contributed by atoms with van der Waals surface area (Å²) in [4.78, 5) is 12.0. The highest BCUT2D eigenvalue weighted by atomic mass is 16.5. The molecular weight excluding hydrogens is 260 g/mol. The predicted molar refractivity (Wildman–Crippen MR) is 84.6 cm³/mol. The molecule has 1 aliphatic rings. The van der Waals surface area contributed by atoms with Crippen LogP contribution in [0.2, 0.25) is 0 Å². The van der Waals surface area contributed by atoms with Crippen molar-refractivity contribution < 1.29 is 9.53 Å². The first-order valence-electron chi connectivity index (χ1n) is 7.55. The van der Waals surface area contributed by atoms with Crippen molar-refractivity contribution >= 4 is 5.78 Å². The number of ether oxygens (including phenoxy) is 1. The van der Waals surface area contributed by atoms with Crippen LogP contribution in [0.15, 0.2) is 48.5 Å². The van der Waals surface area contributed by atoms with E-state index in [2.05, 4.69) is 36.4 Å². The maximum atomic E-state index is 12.0. The molecule has 0 aromatic heterocycles. The summed E-state index contributed by atoms with van der Waals surface area (Å²) in [6.45, 7) is 0. The first-order chi connectivity index (χ1) is 10.3.